The molecule has 0 aliphatic carbocycles. The van der Waals surface area contributed by atoms with Gasteiger partial charge in [-0.15, -0.1) is 11.3 Å². The van der Waals surface area contributed by atoms with Crippen molar-refractivity contribution in [2.24, 2.45) is 0 Å². The summed E-state index contributed by atoms with van der Waals surface area (Å²) in [5, 5.41) is 18.8. The van der Waals surface area contributed by atoms with Crippen molar-refractivity contribution in [1.29, 1.82) is 0 Å². The van der Waals surface area contributed by atoms with Gasteiger partial charge >= 0.3 is 0 Å². The van der Waals surface area contributed by atoms with E-state index < -0.39 is 6.10 Å². The van der Waals surface area contributed by atoms with Crippen LogP contribution in [0.1, 0.15) is 42.0 Å². The van der Waals surface area contributed by atoms with Gasteiger partial charge < -0.3 is 14.9 Å². The molecule has 0 amide bonds. The van der Waals surface area contributed by atoms with E-state index in [1.54, 1.807) is 0 Å². The van der Waals surface area contributed by atoms with Crippen LogP contribution in [0.4, 0.5) is 0 Å². The summed E-state index contributed by atoms with van der Waals surface area (Å²) >= 11 is 1.95. The van der Waals surface area contributed by atoms with Crippen molar-refractivity contribution in [3.05, 3.63) is 21.4 Å². The van der Waals surface area contributed by atoms with Gasteiger partial charge in [-0.2, -0.15) is 0 Å². The van der Waals surface area contributed by atoms with E-state index in [0.29, 0.717) is 12.6 Å². The fraction of sp³-hybridized carbons (Fsp3) is 0.765. The van der Waals surface area contributed by atoms with E-state index in [9.17, 15) is 5.11 Å². The fourth-order valence-electron chi connectivity index (χ4n) is 3.87. The number of hydrogen-bond acceptors (Lipinski definition) is 5. The monoisotopic (exact) mass is 325 g/mol. The number of fused-ring (bicyclic) bond motifs is 2. The lowest BCUT2D eigenvalue weighted by molar-refractivity contribution is -0.115. The van der Waals surface area contributed by atoms with Gasteiger partial charge in [0.1, 0.15) is 0 Å². The van der Waals surface area contributed by atoms with E-state index >= 15 is 0 Å². The third kappa shape index (κ3) is 2.97. The number of aliphatic hydroxyl groups excluding tert-OH is 2. The number of β-amino-alcohol motifs (C(OH)–C–C–N with tert-alkyl or cyclic N) is 1. The number of likely N-dealkylation sites (tertiary alicyclic amines) is 1. The molecule has 124 valence electrons. The fourth-order valence-corrected chi connectivity index (χ4v) is 5.05. The maximum absolute atomic E-state index is 9.70. The Morgan fingerprint density at radius 2 is 2.36 bits per heavy atom. The summed E-state index contributed by atoms with van der Waals surface area (Å²) in [5.41, 5.74) is 1.30. The largest absolute Gasteiger partial charge is 0.394 e. The van der Waals surface area contributed by atoms with Gasteiger partial charge in [0.2, 0.25) is 0 Å². The van der Waals surface area contributed by atoms with Gasteiger partial charge in [-0.25, -0.2) is 0 Å². The molecule has 1 unspecified atom stereocenters. The molecule has 22 heavy (non-hydrogen) atoms. The number of thiophene rings is 1. The summed E-state index contributed by atoms with van der Waals surface area (Å²) in [6.45, 7) is 6.53. The molecule has 3 heterocycles. The zero-order chi connectivity index (χ0) is 15.7. The smallest absolute Gasteiger partial charge is 0.0969 e. The summed E-state index contributed by atoms with van der Waals surface area (Å²) < 4.78 is 6.31. The minimum atomic E-state index is -0.646. The molecule has 4 nitrogen and oxygen atoms in total. The topological polar surface area (TPSA) is 52.9 Å². The Hall–Kier alpha value is -0.460. The van der Waals surface area contributed by atoms with Crippen LogP contribution >= 0.6 is 11.3 Å². The van der Waals surface area contributed by atoms with E-state index in [-0.39, 0.29) is 12.2 Å². The van der Waals surface area contributed by atoms with Crippen molar-refractivity contribution in [2.75, 3.05) is 26.3 Å². The summed E-state index contributed by atoms with van der Waals surface area (Å²) in [6, 6.07) is 2.72. The van der Waals surface area contributed by atoms with Crippen LogP contribution in [0.15, 0.2) is 6.07 Å². The Morgan fingerprint density at radius 1 is 1.55 bits per heavy atom. The van der Waals surface area contributed by atoms with Crippen molar-refractivity contribution in [2.45, 2.75) is 57.3 Å². The zero-order valence-corrected chi connectivity index (χ0v) is 14.4. The van der Waals surface area contributed by atoms with Crippen LogP contribution in [0.5, 0.6) is 0 Å². The molecule has 0 bridgehead atoms. The Balaban J connectivity index is 1.78. The first kappa shape index (κ1) is 16.4. The molecule has 2 aliphatic rings. The van der Waals surface area contributed by atoms with Crippen molar-refractivity contribution in [3.8, 4) is 0 Å². The molecule has 1 spiro atoms. The molecule has 1 fully saturated rings. The molecule has 0 aromatic carbocycles. The first-order valence-corrected chi connectivity index (χ1v) is 9.18. The van der Waals surface area contributed by atoms with Crippen LogP contribution in [0, 0.1) is 0 Å². The van der Waals surface area contributed by atoms with Crippen LogP contribution < -0.4 is 0 Å². The molecule has 1 saturated heterocycles. The van der Waals surface area contributed by atoms with E-state index in [4.69, 9.17) is 9.84 Å². The summed E-state index contributed by atoms with van der Waals surface area (Å²) in [6.07, 6.45) is 3.44. The molecule has 5 heteroatoms. The molecular weight excluding hydrogens is 298 g/mol. The van der Waals surface area contributed by atoms with Crippen molar-refractivity contribution >= 4 is 11.3 Å². The number of rotatable bonds is 4. The third-order valence-corrected chi connectivity index (χ3v) is 6.45. The van der Waals surface area contributed by atoms with Gasteiger partial charge in [-0.05, 0) is 37.8 Å². The number of piperidine rings is 1. The number of hydrogen-bond donors (Lipinski definition) is 2. The first-order valence-electron chi connectivity index (χ1n) is 8.37. The molecule has 0 radical (unpaired) electrons. The Morgan fingerprint density at radius 3 is 3.05 bits per heavy atom. The normalized spacial score (nSPS) is 30.5. The van der Waals surface area contributed by atoms with Crippen molar-refractivity contribution < 1.29 is 14.9 Å². The second-order valence-electron chi connectivity index (χ2n) is 6.63. The number of ether oxygens (including phenoxy) is 1. The molecule has 1 aromatic rings. The lowest BCUT2D eigenvalue weighted by atomic mass is 9.79. The maximum Gasteiger partial charge on any atom is 0.0969 e. The molecule has 2 N–H and O–H groups in total. The maximum atomic E-state index is 9.70. The molecule has 3 atom stereocenters. The van der Waals surface area contributed by atoms with Crippen LogP contribution in [0.25, 0.3) is 0 Å². The third-order valence-electron chi connectivity index (χ3n) is 5.11. The van der Waals surface area contributed by atoms with Gasteiger partial charge in [0, 0.05) is 35.3 Å². The average molecular weight is 325 g/mol. The number of aryl methyl sites for hydroxylation is 1. The molecular formula is C17H27NO3S. The van der Waals surface area contributed by atoms with Crippen LogP contribution in [0.2, 0.25) is 0 Å². The lowest BCUT2D eigenvalue weighted by Gasteiger charge is -2.47. The van der Waals surface area contributed by atoms with Crippen LogP contribution in [-0.2, 0) is 23.2 Å². The van der Waals surface area contributed by atoms with Gasteiger partial charge in [0.15, 0.2) is 0 Å². The zero-order valence-electron chi connectivity index (χ0n) is 13.5. The summed E-state index contributed by atoms with van der Waals surface area (Å²) in [5.74, 6) is 0. The van der Waals surface area contributed by atoms with E-state index in [1.165, 1.54) is 15.3 Å². The lowest BCUT2D eigenvalue weighted by Crippen LogP contribution is -2.52. The molecule has 2 aliphatic heterocycles. The SMILES string of the molecule is CCc1cc2c(s1)CCO[C@@]21CCN(CC(O)CO)[C@@H](C)C1. The van der Waals surface area contributed by atoms with E-state index in [0.717, 1.165) is 38.8 Å². The number of aliphatic hydroxyl groups is 2. The van der Waals surface area contributed by atoms with Gasteiger partial charge in [-0.3, -0.25) is 4.90 Å². The second-order valence-corrected chi connectivity index (χ2v) is 7.85. The van der Waals surface area contributed by atoms with Crippen LogP contribution in [0.3, 0.4) is 0 Å². The Bertz CT molecular complexity index is 518. The highest BCUT2D eigenvalue weighted by Gasteiger charge is 2.44. The summed E-state index contributed by atoms with van der Waals surface area (Å²) in [4.78, 5) is 5.25. The Kier molecular flexibility index (Phi) is 4.90. The minimum absolute atomic E-state index is 0.127. The van der Waals surface area contributed by atoms with Crippen molar-refractivity contribution in [3.63, 3.8) is 0 Å². The van der Waals surface area contributed by atoms with Crippen molar-refractivity contribution in [1.82, 2.24) is 4.90 Å². The number of nitrogens with zero attached hydrogens (tertiary/aromatic N) is 1. The van der Waals surface area contributed by atoms with E-state index in [1.807, 2.05) is 11.3 Å². The predicted octanol–water partition coefficient (Wildman–Crippen LogP) is 1.92. The standard InChI is InChI=1S/C17H27NO3S/c1-3-14-8-15-16(22-14)4-7-21-17(15)5-6-18(12(2)9-17)10-13(20)11-19/h8,12-13,19-20H,3-7,9-11H2,1-2H3/t12-,13?,17+/m0/s1. The molecule has 1 aromatic heterocycles. The predicted molar refractivity (Wildman–Crippen MR) is 88.4 cm³/mol. The van der Waals surface area contributed by atoms with Gasteiger partial charge in [-0.1, -0.05) is 6.92 Å². The molecule has 0 saturated carbocycles. The first-order chi connectivity index (χ1) is 10.6. The second kappa shape index (κ2) is 6.57. The quantitative estimate of drug-likeness (QED) is 0.888. The van der Waals surface area contributed by atoms with Crippen LogP contribution in [-0.4, -0.2) is 53.6 Å². The molecule has 3 rings (SSSR count). The minimum Gasteiger partial charge on any atom is -0.394 e. The average Bonchev–Trinajstić information content (AvgIpc) is 2.95. The van der Waals surface area contributed by atoms with Gasteiger partial charge in [0.05, 0.1) is 24.9 Å². The highest BCUT2D eigenvalue weighted by molar-refractivity contribution is 7.12. The highest BCUT2D eigenvalue weighted by Crippen LogP contribution is 2.46. The summed E-state index contributed by atoms with van der Waals surface area (Å²) in [7, 11) is 0. The van der Waals surface area contributed by atoms with Gasteiger partial charge in [0.25, 0.3) is 0 Å². The Labute approximate surface area is 136 Å². The highest BCUT2D eigenvalue weighted by atomic mass is 32.1. The van der Waals surface area contributed by atoms with E-state index in [2.05, 4.69) is 24.8 Å².